The summed E-state index contributed by atoms with van der Waals surface area (Å²) in [7, 11) is 2.02. The van der Waals surface area contributed by atoms with Crippen LogP contribution in [0.1, 0.15) is 12.5 Å². The summed E-state index contributed by atoms with van der Waals surface area (Å²) in [5, 5.41) is 0. The maximum Gasteiger partial charge on any atom is 0.138 e. The monoisotopic (exact) mass is 318 g/mol. The molecule has 3 aromatic rings. The van der Waals surface area contributed by atoms with Crippen molar-refractivity contribution in [3.05, 3.63) is 72.6 Å². The molecule has 4 heteroatoms. The van der Waals surface area contributed by atoms with Crippen LogP contribution in [-0.2, 0) is 0 Å². The van der Waals surface area contributed by atoms with Crippen LogP contribution in [0.2, 0.25) is 0 Å². The summed E-state index contributed by atoms with van der Waals surface area (Å²) >= 11 is 0. The van der Waals surface area contributed by atoms with E-state index in [0.29, 0.717) is 0 Å². The normalized spacial score (nSPS) is 10.5. The first-order valence-electron chi connectivity index (χ1n) is 8.14. The van der Waals surface area contributed by atoms with E-state index in [1.807, 2.05) is 31.3 Å². The average molecular weight is 318 g/mol. The van der Waals surface area contributed by atoms with Gasteiger partial charge in [0.15, 0.2) is 0 Å². The predicted octanol–water partition coefficient (Wildman–Crippen LogP) is 4.71. The van der Waals surface area contributed by atoms with Crippen molar-refractivity contribution >= 4 is 23.0 Å². The Balaban J connectivity index is 1.94. The third-order valence-corrected chi connectivity index (χ3v) is 4.03. The van der Waals surface area contributed by atoms with Crippen molar-refractivity contribution in [2.45, 2.75) is 13.8 Å². The molecular weight excluding hydrogens is 296 g/mol. The Bertz CT molecular complexity index is 801. The fourth-order valence-electron chi connectivity index (χ4n) is 2.72. The maximum atomic E-state index is 4.48. The van der Waals surface area contributed by atoms with Gasteiger partial charge in [0.05, 0.1) is 0 Å². The van der Waals surface area contributed by atoms with E-state index in [2.05, 4.69) is 70.0 Å². The number of aromatic nitrogens is 2. The van der Waals surface area contributed by atoms with Gasteiger partial charge in [-0.15, -0.1) is 0 Å². The Morgan fingerprint density at radius 1 is 0.833 bits per heavy atom. The van der Waals surface area contributed by atoms with Crippen LogP contribution in [0.15, 0.2) is 67.0 Å². The molecule has 0 bridgehead atoms. The van der Waals surface area contributed by atoms with Gasteiger partial charge in [-0.05, 0) is 43.7 Å². The van der Waals surface area contributed by atoms with Gasteiger partial charge in [-0.2, -0.15) is 0 Å². The van der Waals surface area contributed by atoms with E-state index < -0.39 is 0 Å². The average Bonchev–Trinajstić information content (AvgIpc) is 2.63. The number of hydrogen-bond donors (Lipinski definition) is 0. The molecule has 1 aromatic heterocycles. The number of nitrogens with zero attached hydrogens (tertiary/aromatic N) is 4. The smallest absolute Gasteiger partial charge is 0.138 e. The van der Waals surface area contributed by atoms with Crippen LogP contribution in [0, 0.1) is 6.92 Å². The van der Waals surface area contributed by atoms with Crippen molar-refractivity contribution in [2.24, 2.45) is 0 Å². The van der Waals surface area contributed by atoms with Gasteiger partial charge in [-0.3, -0.25) is 0 Å². The van der Waals surface area contributed by atoms with Gasteiger partial charge in [-0.1, -0.05) is 30.3 Å². The highest BCUT2D eigenvalue weighted by Crippen LogP contribution is 2.28. The van der Waals surface area contributed by atoms with Gasteiger partial charge >= 0.3 is 0 Å². The van der Waals surface area contributed by atoms with Crippen molar-refractivity contribution in [2.75, 3.05) is 23.4 Å². The highest BCUT2D eigenvalue weighted by molar-refractivity contribution is 5.66. The van der Waals surface area contributed by atoms with Crippen molar-refractivity contribution in [1.29, 1.82) is 0 Å². The third-order valence-electron chi connectivity index (χ3n) is 4.03. The Morgan fingerprint density at radius 2 is 1.54 bits per heavy atom. The van der Waals surface area contributed by atoms with E-state index in [0.717, 1.165) is 29.6 Å². The zero-order chi connectivity index (χ0) is 16.9. The van der Waals surface area contributed by atoms with Crippen LogP contribution in [0.4, 0.5) is 23.0 Å². The van der Waals surface area contributed by atoms with Crippen molar-refractivity contribution in [1.82, 2.24) is 9.97 Å². The largest absolute Gasteiger partial charge is 0.329 e. The number of rotatable bonds is 5. The van der Waals surface area contributed by atoms with Gasteiger partial charge in [0.2, 0.25) is 0 Å². The summed E-state index contributed by atoms with van der Waals surface area (Å²) in [5.74, 6) is 1.77. The molecule has 2 aromatic carbocycles. The minimum atomic E-state index is 0.842. The molecule has 0 fully saturated rings. The molecule has 0 unspecified atom stereocenters. The summed E-state index contributed by atoms with van der Waals surface area (Å²) in [6.07, 6.45) is 1.63. The fraction of sp³-hybridized carbons (Fsp3) is 0.200. The molecule has 0 aliphatic rings. The van der Waals surface area contributed by atoms with Crippen molar-refractivity contribution < 1.29 is 0 Å². The van der Waals surface area contributed by atoms with E-state index in [1.54, 1.807) is 6.33 Å². The Hall–Kier alpha value is -2.88. The molecule has 4 nitrogen and oxygen atoms in total. The summed E-state index contributed by atoms with van der Waals surface area (Å²) in [6, 6.07) is 20.7. The molecule has 1 heterocycles. The van der Waals surface area contributed by atoms with E-state index >= 15 is 0 Å². The van der Waals surface area contributed by atoms with Crippen LogP contribution in [0.25, 0.3) is 0 Å². The van der Waals surface area contributed by atoms with Gasteiger partial charge < -0.3 is 9.80 Å². The zero-order valence-corrected chi connectivity index (χ0v) is 14.3. The lowest BCUT2D eigenvalue weighted by Gasteiger charge is -2.24. The molecule has 0 aliphatic heterocycles. The minimum Gasteiger partial charge on any atom is -0.329 e. The van der Waals surface area contributed by atoms with Gasteiger partial charge in [0.1, 0.15) is 18.0 Å². The van der Waals surface area contributed by atoms with E-state index in [4.69, 9.17) is 0 Å². The highest BCUT2D eigenvalue weighted by atomic mass is 15.2. The summed E-state index contributed by atoms with van der Waals surface area (Å²) in [6.45, 7) is 5.08. The van der Waals surface area contributed by atoms with Crippen LogP contribution < -0.4 is 9.80 Å². The van der Waals surface area contributed by atoms with Crippen LogP contribution >= 0.6 is 0 Å². The van der Waals surface area contributed by atoms with Crippen molar-refractivity contribution in [3.63, 3.8) is 0 Å². The van der Waals surface area contributed by atoms with Crippen LogP contribution in [-0.4, -0.2) is 23.6 Å². The summed E-state index contributed by atoms with van der Waals surface area (Å²) in [5.41, 5.74) is 3.48. The Labute approximate surface area is 143 Å². The molecule has 0 N–H and O–H groups in total. The third kappa shape index (κ3) is 3.38. The standard InChI is InChI=1S/C20H22N4/c1-4-24(18-12-8-9-16(2)13-18)20-14-19(21-15-22-20)23(3)17-10-6-5-7-11-17/h5-15H,4H2,1-3H3. The molecule has 0 amide bonds. The highest BCUT2D eigenvalue weighted by Gasteiger charge is 2.12. The zero-order valence-electron chi connectivity index (χ0n) is 14.3. The van der Waals surface area contributed by atoms with E-state index in [-0.39, 0.29) is 0 Å². The molecule has 122 valence electrons. The second-order valence-electron chi connectivity index (χ2n) is 5.71. The SMILES string of the molecule is CCN(c1cccc(C)c1)c1cc(N(C)c2ccccc2)ncn1. The molecule has 0 radical (unpaired) electrons. The maximum absolute atomic E-state index is 4.48. The summed E-state index contributed by atoms with van der Waals surface area (Å²) < 4.78 is 0. The number of para-hydroxylation sites is 1. The first-order chi connectivity index (χ1) is 11.7. The molecule has 0 aliphatic carbocycles. The molecule has 0 saturated carbocycles. The Kier molecular flexibility index (Phi) is 4.75. The molecule has 3 rings (SSSR count). The molecule has 0 spiro atoms. The first-order valence-corrected chi connectivity index (χ1v) is 8.14. The van der Waals surface area contributed by atoms with Gasteiger partial charge in [0.25, 0.3) is 0 Å². The van der Waals surface area contributed by atoms with Crippen LogP contribution in [0.3, 0.4) is 0 Å². The number of hydrogen-bond acceptors (Lipinski definition) is 4. The molecular formula is C20H22N4. The van der Waals surface area contributed by atoms with Gasteiger partial charge in [0, 0.05) is 31.0 Å². The number of anilines is 4. The lowest BCUT2D eigenvalue weighted by atomic mass is 10.2. The molecule has 24 heavy (non-hydrogen) atoms. The second-order valence-corrected chi connectivity index (χ2v) is 5.71. The minimum absolute atomic E-state index is 0.842. The lowest BCUT2D eigenvalue weighted by Crippen LogP contribution is -2.19. The Morgan fingerprint density at radius 3 is 2.25 bits per heavy atom. The summed E-state index contributed by atoms with van der Waals surface area (Å²) in [4.78, 5) is 13.2. The molecule has 0 saturated heterocycles. The quantitative estimate of drug-likeness (QED) is 0.682. The fourth-order valence-corrected chi connectivity index (χ4v) is 2.72. The first kappa shape index (κ1) is 16.0. The van der Waals surface area contributed by atoms with Crippen molar-refractivity contribution in [3.8, 4) is 0 Å². The predicted molar refractivity (Wildman–Crippen MR) is 100 cm³/mol. The number of benzene rings is 2. The lowest BCUT2D eigenvalue weighted by molar-refractivity contribution is 0.967. The topological polar surface area (TPSA) is 32.3 Å². The number of aryl methyl sites for hydroxylation is 1. The molecule has 0 atom stereocenters. The van der Waals surface area contributed by atoms with E-state index in [9.17, 15) is 0 Å². The second kappa shape index (κ2) is 7.13. The van der Waals surface area contributed by atoms with E-state index in [1.165, 1.54) is 5.56 Å². The van der Waals surface area contributed by atoms with Crippen LogP contribution in [0.5, 0.6) is 0 Å². The van der Waals surface area contributed by atoms with Gasteiger partial charge in [-0.25, -0.2) is 9.97 Å².